The summed E-state index contributed by atoms with van der Waals surface area (Å²) in [5, 5.41) is 12.2. The monoisotopic (exact) mass is 700 g/mol. The van der Waals surface area contributed by atoms with E-state index < -0.39 is 0 Å². The maximum Gasteiger partial charge on any atom is 0.143 e. The molecule has 0 aliphatic heterocycles. The van der Waals surface area contributed by atoms with Crippen molar-refractivity contribution in [1.82, 2.24) is 0 Å². The van der Waals surface area contributed by atoms with Crippen molar-refractivity contribution in [3.8, 4) is 44.5 Å². The van der Waals surface area contributed by atoms with Crippen LogP contribution in [-0.4, -0.2) is 0 Å². The van der Waals surface area contributed by atoms with Gasteiger partial charge in [0.1, 0.15) is 11.2 Å². The highest BCUT2D eigenvalue weighted by molar-refractivity contribution is 6.25. The number of furan rings is 1. The van der Waals surface area contributed by atoms with Gasteiger partial charge in [-0.05, 0) is 114 Å². The summed E-state index contributed by atoms with van der Waals surface area (Å²) in [6.07, 6.45) is 0. The van der Waals surface area contributed by atoms with E-state index in [1.807, 2.05) is 0 Å². The molecule has 0 radical (unpaired) electrons. The third-order valence-electron chi connectivity index (χ3n) is 11.7. The van der Waals surface area contributed by atoms with Crippen LogP contribution in [0.4, 0.5) is 0 Å². The largest absolute Gasteiger partial charge is 0.455 e. The minimum atomic E-state index is 0.890. The highest BCUT2D eigenvalue weighted by Crippen LogP contribution is 2.49. The number of hydrogen-bond donors (Lipinski definition) is 0. The quantitative estimate of drug-likeness (QED) is 0.167. The van der Waals surface area contributed by atoms with Crippen molar-refractivity contribution < 1.29 is 4.42 Å². The summed E-state index contributed by atoms with van der Waals surface area (Å²) in [7, 11) is 0. The lowest BCUT2D eigenvalue weighted by Crippen LogP contribution is -1.94. The molecule has 55 heavy (non-hydrogen) atoms. The van der Waals surface area contributed by atoms with Crippen molar-refractivity contribution in [3.05, 3.63) is 193 Å². The Bertz CT molecular complexity index is 3190. The van der Waals surface area contributed by atoms with E-state index in [0.29, 0.717) is 0 Å². The smallest absolute Gasteiger partial charge is 0.143 e. The summed E-state index contributed by atoms with van der Waals surface area (Å²) in [4.78, 5) is 0. The number of fused-ring (bicyclic) bond motifs is 7. The minimum Gasteiger partial charge on any atom is -0.455 e. The maximum atomic E-state index is 7.06. The molecule has 0 fully saturated rings. The molecule has 0 atom stereocenters. The molecule has 1 heteroatoms. The first kappa shape index (κ1) is 31.6. The SMILES string of the molecule is Cc1cccc(C)c1-c1c2ccccc2c(-c2ccc3c(c2)oc2c(-c4c5ccccc5c(-c5ccccc5)c5ccccc45)cccc23)c2ccccc12. The highest BCUT2D eigenvalue weighted by atomic mass is 16.3. The zero-order valence-electron chi connectivity index (χ0n) is 30.7. The minimum absolute atomic E-state index is 0.890. The summed E-state index contributed by atoms with van der Waals surface area (Å²) in [6, 6.07) is 66.3. The second-order valence-electron chi connectivity index (χ2n) is 14.8. The third-order valence-corrected chi connectivity index (χ3v) is 11.7. The second kappa shape index (κ2) is 12.3. The van der Waals surface area contributed by atoms with E-state index in [-0.39, 0.29) is 0 Å². The van der Waals surface area contributed by atoms with Crippen LogP contribution < -0.4 is 0 Å². The zero-order valence-corrected chi connectivity index (χ0v) is 30.7. The van der Waals surface area contributed by atoms with Gasteiger partial charge in [0.2, 0.25) is 0 Å². The first-order valence-electron chi connectivity index (χ1n) is 19.1. The van der Waals surface area contributed by atoms with Crippen molar-refractivity contribution in [2.75, 3.05) is 0 Å². The molecule has 0 bridgehead atoms. The van der Waals surface area contributed by atoms with E-state index in [1.54, 1.807) is 0 Å². The molecule has 0 N–H and O–H groups in total. The van der Waals surface area contributed by atoms with Crippen molar-refractivity contribution in [2.45, 2.75) is 13.8 Å². The average molecular weight is 701 g/mol. The molecule has 0 saturated heterocycles. The molecule has 11 aromatic rings. The topological polar surface area (TPSA) is 13.1 Å². The van der Waals surface area contributed by atoms with Gasteiger partial charge in [0.25, 0.3) is 0 Å². The molecule has 1 nitrogen and oxygen atoms in total. The fourth-order valence-electron chi connectivity index (χ4n) is 9.40. The fraction of sp³-hybridized carbons (Fsp3) is 0.0370. The Morgan fingerprint density at radius 3 is 1.27 bits per heavy atom. The summed E-state index contributed by atoms with van der Waals surface area (Å²) in [5.41, 5.74) is 14.2. The lowest BCUT2D eigenvalue weighted by molar-refractivity contribution is 0.670. The molecule has 10 aromatic carbocycles. The molecule has 258 valence electrons. The molecule has 11 rings (SSSR count). The molecular weight excluding hydrogens is 665 g/mol. The van der Waals surface area contributed by atoms with Gasteiger partial charge in [-0.3, -0.25) is 0 Å². The number of aryl methyl sites for hydroxylation is 2. The molecule has 0 amide bonds. The van der Waals surface area contributed by atoms with Gasteiger partial charge in [0.15, 0.2) is 0 Å². The van der Waals surface area contributed by atoms with Crippen LogP contribution >= 0.6 is 0 Å². The first-order chi connectivity index (χ1) is 27.2. The molecular formula is C54H36O. The Morgan fingerprint density at radius 1 is 0.291 bits per heavy atom. The van der Waals surface area contributed by atoms with Crippen LogP contribution in [0.25, 0.3) is 110 Å². The molecule has 0 saturated carbocycles. The van der Waals surface area contributed by atoms with Crippen molar-refractivity contribution in [1.29, 1.82) is 0 Å². The number of hydrogen-bond acceptors (Lipinski definition) is 1. The van der Waals surface area contributed by atoms with E-state index in [2.05, 4.69) is 196 Å². The predicted octanol–water partition coefficient (Wildman–Crippen LogP) is 15.5. The zero-order chi connectivity index (χ0) is 36.6. The summed E-state index contributed by atoms with van der Waals surface area (Å²) >= 11 is 0. The van der Waals surface area contributed by atoms with Gasteiger partial charge in [-0.25, -0.2) is 0 Å². The van der Waals surface area contributed by atoms with Crippen LogP contribution in [0, 0.1) is 13.8 Å². The van der Waals surface area contributed by atoms with Gasteiger partial charge in [0, 0.05) is 21.9 Å². The summed E-state index contributed by atoms with van der Waals surface area (Å²) in [6.45, 7) is 4.46. The highest BCUT2D eigenvalue weighted by Gasteiger charge is 2.22. The molecule has 0 unspecified atom stereocenters. The predicted molar refractivity (Wildman–Crippen MR) is 235 cm³/mol. The normalized spacial score (nSPS) is 11.8. The van der Waals surface area contributed by atoms with Gasteiger partial charge >= 0.3 is 0 Å². The van der Waals surface area contributed by atoms with Gasteiger partial charge in [0.05, 0.1) is 0 Å². The Morgan fingerprint density at radius 2 is 0.727 bits per heavy atom. The summed E-state index contributed by atoms with van der Waals surface area (Å²) < 4.78 is 7.06. The summed E-state index contributed by atoms with van der Waals surface area (Å²) in [5.74, 6) is 0. The Balaban J connectivity index is 1.18. The van der Waals surface area contributed by atoms with Crippen LogP contribution in [0.2, 0.25) is 0 Å². The van der Waals surface area contributed by atoms with Crippen LogP contribution in [0.15, 0.2) is 186 Å². The third kappa shape index (κ3) is 4.73. The van der Waals surface area contributed by atoms with Crippen LogP contribution in [0.3, 0.4) is 0 Å². The molecule has 1 aromatic heterocycles. The van der Waals surface area contributed by atoms with Gasteiger partial charge < -0.3 is 4.42 Å². The van der Waals surface area contributed by atoms with Gasteiger partial charge in [-0.2, -0.15) is 0 Å². The average Bonchev–Trinajstić information content (AvgIpc) is 3.61. The number of benzene rings is 10. The second-order valence-corrected chi connectivity index (χ2v) is 14.8. The van der Waals surface area contributed by atoms with Crippen molar-refractivity contribution in [2.24, 2.45) is 0 Å². The number of para-hydroxylation sites is 1. The van der Waals surface area contributed by atoms with E-state index in [1.165, 1.54) is 87.6 Å². The van der Waals surface area contributed by atoms with Crippen LogP contribution in [-0.2, 0) is 0 Å². The molecule has 1 heterocycles. The van der Waals surface area contributed by atoms with Crippen LogP contribution in [0.5, 0.6) is 0 Å². The van der Waals surface area contributed by atoms with Crippen molar-refractivity contribution >= 4 is 65.0 Å². The molecule has 0 spiro atoms. The van der Waals surface area contributed by atoms with Crippen molar-refractivity contribution in [3.63, 3.8) is 0 Å². The maximum absolute atomic E-state index is 7.06. The molecule has 0 aliphatic carbocycles. The Labute approximate surface area is 319 Å². The van der Waals surface area contributed by atoms with E-state index in [9.17, 15) is 0 Å². The van der Waals surface area contributed by atoms with Gasteiger partial charge in [-0.15, -0.1) is 0 Å². The van der Waals surface area contributed by atoms with Gasteiger partial charge in [-0.1, -0.05) is 170 Å². The standard InChI is InChI=1S/C54H36O/c1-33-16-14-17-34(2)49(33)53-44-26-12-8-22-40(44)51(41-23-9-13-27-45(41)53)36-30-31-37-46-28-15-29-47(54(46)55-48(37)32-36)52-42-24-10-6-20-38(42)50(35-18-4-3-5-19-35)39-21-7-11-25-43(39)52/h3-32H,1-2H3. The van der Waals surface area contributed by atoms with E-state index in [4.69, 9.17) is 4.42 Å². The fourth-order valence-corrected chi connectivity index (χ4v) is 9.40. The molecule has 0 aliphatic rings. The lowest BCUT2D eigenvalue weighted by atomic mass is 9.83. The Kier molecular flexibility index (Phi) is 7.06. The van der Waals surface area contributed by atoms with E-state index in [0.717, 1.165) is 33.1 Å². The number of rotatable bonds is 4. The lowest BCUT2D eigenvalue weighted by Gasteiger charge is -2.20. The Hall–Kier alpha value is -6.96. The van der Waals surface area contributed by atoms with Crippen LogP contribution in [0.1, 0.15) is 11.1 Å². The van der Waals surface area contributed by atoms with E-state index >= 15 is 0 Å². The first-order valence-corrected chi connectivity index (χ1v) is 19.1.